The monoisotopic (exact) mass is 428 g/mol. The number of benzene rings is 1. The standard InChI is InChI=1S/C20H17FN4O4S/c1-25(20(27)28)19-22-10-13(11-23-19)4-2-3-5-18-24-16-7-6-15(8-17(16)30-18)29-12-14(26)9-21/h3,5-8,10-11,14,26H,9,12H2,1H3,(H,27,28). The van der Waals surface area contributed by atoms with Crippen molar-refractivity contribution in [2.24, 2.45) is 0 Å². The highest BCUT2D eigenvalue weighted by molar-refractivity contribution is 7.19. The SMILES string of the molecule is CN(C(=O)O)c1ncc(C#CC=Cc2nc3ccc(OCC(O)CF)cc3s2)cn1. The number of ether oxygens (including phenoxy) is 1. The van der Waals surface area contributed by atoms with Gasteiger partial charge in [-0.3, -0.25) is 0 Å². The maximum Gasteiger partial charge on any atom is 0.413 e. The van der Waals surface area contributed by atoms with Crippen molar-refractivity contribution in [2.75, 3.05) is 25.2 Å². The molecule has 0 spiro atoms. The van der Waals surface area contributed by atoms with Crippen LogP contribution < -0.4 is 9.64 Å². The number of aromatic nitrogens is 3. The van der Waals surface area contributed by atoms with E-state index in [0.29, 0.717) is 11.3 Å². The Morgan fingerprint density at radius 2 is 2.17 bits per heavy atom. The van der Waals surface area contributed by atoms with Gasteiger partial charge in [-0.2, -0.15) is 0 Å². The Morgan fingerprint density at radius 1 is 1.40 bits per heavy atom. The van der Waals surface area contributed by atoms with Crippen LogP contribution in [0, 0.1) is 11.8 Å². The van der Waals surface area contributed by atoms with Crippen molar-refractivity contribution in [3.8, 4) is 17.6 Å². The van der Waals surface area contributed by atoms with E-state index in [0.717, 1.165) is 20.1 Å². The smallest absolute Gasteiger partial charge is 0.413 e. The van der Waals surface area contributed by atoms with Crippen molar-refractivity contribution < 1.29 is 24.1 Å². The number of hydrogen-bond acceptors (Lipinski definition) is 7. The molecule has 30 heavy (non-hydrogen) atoms. The third kappa shape index (κ3) is 5.50. The van der Waals surface area contributed by atoms with Gasteiger partial charge in [-0.15, -0.1) is 11.3 Å². The minimum absolute atomic E-state index is 0.0700. The molecule has 0 aliphatic heterocycles. The minimum Gasteiger partial charge on any atom is -0.491 e. The van der Waals surface area contributed by atoms with E-state index in [1.807, 2.05) is 0 Å². The van der Waals surface area contributed by atoms with E-state index in [-0.39, 0.29) is 12.6 Å². The van der Waals surface area contributed by atoms with Gasteiger partial charge in [0.25, 0.3) is 0 Å². The molecular weight excluding hydrogens is 411 g/mol. The average Bonchev–Trinajstić information content (AvgIpc) is 3.16. The van der Waals surface area contributed by atoms with Gasteiger partial charge in [0.15, 0.2) is 0 Å². The largest absolute Gasteiger partial charge is 0.491 e. The molecule has 3 rings (SSSR count). The van der Waals surface area contributed by atoms with E-state index < -0.39 is 18.9 Å². The van der Waals surface area contributed by atoms with Crippen LogP contribution in [0.1, 0.15) is 10.6 Å². The summed E-state index contributed by atoms with van der Waals surface area (Å²) in [6.45, 7) is -0.963. The summed E-state index contributed by atoms with van der Waals surface area (Å²) >= 11 is 1.44. The molecule has 2 heterocycles. The second-order valence-corrected chi connectivity index (χ2v) is 7.08. The summed E-state index contributed by atoms with van der Waals surface area (Å²) in [4.78, 5) is 24.1. The van der Waals surface area contributed by atoms with Crippen LogP contribution in [-0.4, -0.2) is 57.7 Å². The number of nitrogens with zero attached hydrogens (tertiary/aromatic N) is 4. The summed E-state index contributed by atoms with van der Waals surface area (Å²) in [7, 11) is 1.35. The Balaban J connectivity index is 1.64. The number of fused-ring (bicyclic) bond motifs is 1. The van der Waals surface area contributed by atoms with Gasteiger partial charge in [0.1, 0.15) is 30.1 Å². The molecule has 0 fully saturated rings. The fraction of sp³-hybridized carbons (Fsp3) is 0.200. The van der Waals surface area contributed by atoms with Gasteiger partial charge in [0.2, 0.25) is 5.95 Å². The normalized spacial score (nSPS) is 11.8. The van der Waals surface area contributed by atoms with Gasteiger partial charge in [0, 0.05) is 19.4 Å². The van der Waals surface area contributed by atoms with Crippen molar-refractivity contribution in [3.63, 3.8) is 0 Å². The van der Waals surface area contributed by atoms with Gasteiger partial charge in [-0.25, -0.2) is 29.0 Å². The first-order chi connectivity index (χ1) is 14.5. The van der Waals surface area contributed by atoms with E-state index >= 15 is 0 Å². The molecular formula is C20H17FN4O4S. The third-order valence-electron chi connectivity index (χ3n) is 3.75. The molecule has 0 saturated heterocycles. The summed E-state index contributed by atoms with van der Waals surface area (Å²) in [6, 6.07) is 5.29. The number of hydrogen-bond donors (Lipinski definition) is 2. The predicted octanol–water partition coefficient (Wildman–Crippen LogP) is 2.97. The lowest BCUT2D eigenvalue weighted by Gasteiger charge is -2.09. The highest BCUT2D eigenvalue weighted by Gasteiger charge is 2.10. The lowest BCUT2D eigenvalue weighted by Crippen LogP contribution is -2.25. The summed E-state index contributed by atoms with van der Waals surface area (Å²) in [5, 5.41) is 18.9. The van der Waals surface area contributed by atoms with Crippen LogP contribution in [0.25, 0.3) is 16.3 Å². The van der Waals surface area contributed by atoms with Crippen LogP contribution >= 0.6 is 11.3 Å². The first-order valence-corrected chi connectivity index (χ1v) is 9.52. The molecule has 154 valence electrons. The number of aliphatic hydroxyl groups excluding tert-OH is 1. The second-order valence-electron chi connectivity index (χ2n) is 6.02. The van der Waals surface area contributed by atoms with Crippen LogP contribution in [0.15, 0.2) is 36.7 Å². The topological polar surface area (TPSA) is 109 Å². The molecule has 1 aromatic carbocycles. The van der Waals surface area contributed by atoms with Crippen molar-refractivity contribution in [1.29, 1.82) is 0 Å². The fourth-order valence-electron chi connectivity index (χ4n) is 2.20. The maximum atomic E-state index is 12.3. The molecule has 1 atom stereocenters. The summed E-state index contributed by atoms with van der Waals surface area (Å²) in [5.41, 5.74) is 1.33. The molecule has 2 aromatic heterocycles. The molecule has 2 N–H and O–H groups in total. The van der Waals surface area contributed by atoms with Crippen LogP contribution in [0.5, 0.6) is 5.75 Å². The number of thiazole rings is 1. The molecule has 0 aliphatic carbocycles. The number of carboxylic acid groups (broad SMARTS) is 1. The molecule has 1 unspecified atom stereocenters. The van der Waals surface area contributed by atoms with Gasteiger partial charge >= 0.3 is 6.09 Å². The number of anilines is 1. The number of carbonyl (C=O) groups is 1. The Labute approximate surface area is 175 Å². The first kappa shape index (κ1) is 21.2. The summed E-state index contributed by atoms with van der Waals surface area (Å²) in [6.07, 6.45) is 4.01. The molecule has 0 aliphatic rings. The van der Waals surface area contributed by atoms with Crippen molar-refractivity contribution in [2.45, 2.75) is 6.10 Å². The summed E-state index contributed by atoms with van der Waals surface area (Å²) < 4.78 is 18.5. The van der Waals surface area contributed by atoms with Gasteiger partial charge in [0.05, 0.1) is 15.8 Å². The lowest BCUT2D eigenvalue weighted by atomic mass is 10.3. The van der Waals surface area contributed by atoms with Gasteiger partial charge in [-0.1, -0.05) is 11.8 Å². The fourth-order valence-corrected chi connectivity index (χ4v) is 3.10. The van der Waals surface area contributed by atoms with E-state index in [1.54, 1.807) is 30.4 Å². The molecule has 8 nitrogen and oxygen atoms in total. The van der Waals surface area contributed by atoms with Gasteiger partial charge in [-0.05, 0) is 30.4 Å². The highest BCUT2D eigenvalue weighted by Crippen LogP contribution is 2.27. The molecule has 0 saturated carbocycles. The van der Waals surface area contributed by atoms with Crippen molar-refractivity contribution in [3.05, 3.63) is 47.2 Å². The van der Waals surface area contributed by atoms with Crippen LogP contribution in [-0.2, 0) is 0 Å². The maximum absolute atomic E-state index is 12.3. The molecule has 1 amide bonds. The van der Waals surface area contributed by atoms with E-state index in [1.165, 1.54) is 30.8 Å². The van der Waals surface area contributed by atoms with Crippen LogP contribution in [0.4, 0.5) is 15.1 Å². The molecule has 0 radical (unpaired) electrons. The van der Waals surface area contributed by atoms with Crippen molar-refractivity contribution >= 4 is 39.7 Å². The highest BCUT2D eigenvalue weighted by atomic mass is 32.1. The first-order valence-electron chi connectivity index (χ1n) is 8.70. The van der Waals surface area contributed by atoms with Crippen molar-refractivity contribution in [1.82, 2.24) is 15.0 Å². The van der Waals surface area contributed by atoms with E-state index in [2.05, 4.69) is 26.8 Å². The number of halogens is 1. The summed E-state index contributed by atoms with van der Waals surface area (Å²) in [5.74, 6) is 6.32. The lowest BCUT2D eigenvalue weighted by molar-refractivity contribution is 0.0842. The quantitative estimate of drug-likeness (QED) is 0.581. The predicted molar refractivity (Wildman–Crippen MR) is 111 cm³/mol. The number of amides is 1. The Kier molecular flexibility index (Phi) is 6.90. The Bertz CT molecular complexity index is 1120. The van der Waals surface area contributed by atoms with Crippen LogP contribution in [0.2, 0.25) is 0 Å². The zero-order valence-corrected chi connectivity index (χ0v) is 16.6. The molecule has 3 aromatic rings. The van der Waals surface area contributed by atoms with Gasteiger partial charge < -0.3 is 14.9 Å². The van der Waals surface area contributed by atoms with E-state index in [9.17, 15) is 14.3 Å². The molecule has 10 heteroatoms. The second kappa shape index (κ2) is 9.78. The average molecular weight is 428 g/mol. The number of rotatable bonds is 6. The Morgan fingerprint density at radius 3 is 2.87 bits per heavy atom. The molecule has 0 bridgehead atoms. The number of allylic oxidation sites excluding steroid dienone is 1. The Hall–Kier alpha value is -3.55. The third-order valence-corrected chi connectivity index (χ3v) is 4.73. The number of alkyl halides is 1. The number of aliphatic hydroxyl groups is 1. The zero-order chi connectivity index (χ0) is 21.5. The van der Waals surface area contributed by atoms with Crippen LogP contribution in [0.3, 0.4) is 0 Å². The van der Waals surface area contributed by atoms with E-state index in [4.69, 9.17) is 9.84 Å². The zero-order valence-electron chi connectivity index (χ0n) is 15.8. The minimum atomic E-state index is -1.15.